The van der Waals surface area contributed by atoms with Crippen molar-refractivity contribution < 1.29 is 9.47 Å². The van der Waals surface area contributed by atoms with Gasteiger partial charge in [-0.2, -0.15) is 0 Å². The Morgan fingerprint density at radius 2 is 2.24 bits per heavy atom. The number of aromatic amines is 1. The number of benzene rings is 1. The summed E-state index contributed by atoms with van der Waals surface area (Å²) in [5.74, 6) is 4.32. The van der Waals surface area contributed by atoms with Crippen LogP contribution in [0.5, 0.6) is 11.5 Å². The van der Waals surface area contributed by atoms with Crippen LogP contribution < -0.4 is 9.47 Å². The third-order valence-electron chi connectivity index (χ3n) is 3.03. The first-order valence-electron chi connectivity index (χ1n) is 6.37. The molecule has 0 unspecified atom stereocenters. The van der Waals surface area contributed by atoms with Crippen LogP contribution in [0.2, 0.25) is 0 Å². The van der Waals surface area contributed by atoms with Crippen molar-refractivity contribution in [1.29, 1.82) is 0 Å². The van der Waals surface area contributed by atoms with E-state index in [4.69, 9.17) is 15.9 Å². The van der Waals surface area contributed by atoms with Gasteiger partial charge in [0.2, 0.25) is 0 Å². The highest BCUT2D eigenvalue weighted by molar-refractivity contribution is 5.80. The first-order chi connectivity index (χ1) is 10.3. The van der Waals surface area contributed by atoms with Gasteiger partial charge < -0.3 is 14.5 Å². The summed E-state index contributed by atoms with van der Waals surface area (Å²) >= 11 is 0. The quantitative estimate of drug-likeness (QED) is 0.746. The molecule has 0 aliphatic rings. The van der Waals surface area contributed by atoms with Crippen LogP contribution in [0.15, 0.2) is 36.7 Å². The van der Waals surface area contributed by atoms with Gasteiger partial charge in [-0.05, 0) is 18.2 Å². The zero-order valence-corrected chi connectivity index (χ0v) is 11.5. The van der Waals surface area contributed by atoms with Crippen molar-refractivity contribution in [3.05, 3.63) is 36.7 Å². The number of para-hydroxylation sites is 1. The Kier molecular flexibility index (Phi) is 3.44. The van der Waals surface area contributed by atoms with Crippen molar-refractivity contribution in [3.8, 4) is 35.2 Å². The minimum atomic E-state index is 0.184. The number of aromatic nitrogens is 3. The molecule has 0 bridgehead atoms. The van der Waals surface area contributed by atoms with Crippen molar-refractivity contribution in [1.82, 2.24) is 15.0 Å². The van der Waals surface area contributed by atoms with Gasteiger partial charge in [0.05, 0.1) is 29.9 Å². The minimum Gasteiger partial charge on any atom is -0.492 e. The number of imidazole rings is 1. The van der Waals surface area contributed by atoms with Crippen LogP contribution in [-0.4, -0.2) is 28.7 Å². The lowest BCUT2D eigenvalue weighted by atomic mass is 10.1. The Labute approximate surface area is 122 Å². The summed E-state index contributed by atoms with van der Waals surface area (Å²) in [6.07, 6.45) is 8.66. The van der Waals surface area contributed by atoms with E-state index in [2.05, 4.69) is 20.9 Å². The highest BCUT2D eigenvalue weighted by Crippen LogP contribution is 2.37. The van der Waals surface area contributed by atoms with Gasteiger partial charge in [0.15, 0.2) is 11.5 Å². The van der Waals surface area contributed by atoms with Crippen molar-refractivity contribution in [2.75, 3.05) is 13.7 Å². The molecule has 3 rings (SSSR count). The van der Waals surface area contributed by atoms with Gasteiger partial charge in [-0.15, -0.1) is 6.42 Å². The average molecular weight is 279 g/mol. The van der Waals surface area contributed by atoms with E-state index in [0.717, 1.165) is 16.6 Å². The molecule has 0 fully saturated rings. The number of pyridine rings is 1. The topological polar surface area (TPSA) is 60.0 Å². The van der Waals surface area contributed by atoms with E-state index in [9.17, 15) is 0 Å². The van der Waals surface area contributed by atoms with Crippen molar-refractivity contribution >= 4 is 11.0 Å². The number of methoxy groups -OCH3 is 1. The molecule has 3 aromatic rings. The molecule has 0 atom stereocenters. The van der Waals surface area contributed by atoms with Crippen LogP contribution in [0, 0.1) is 12.3 Å². The molecule has 5 heteroatoms. The average Bonchev–Trinajstić information content (AvgIpc) is 2.96. The number of nitrogens with zero attached hydrogens (tertiary/aromatic N) is 2. The van der Waals surface area contributed by atoms with Crippen LogP contribution >= 0.6 is 0 Å². The molecular formula is C16H13N3O2. The van der Waals surface area contributed by atoms with Crippen molar-refractivity contribution in [2.24, 2.45) is 0 Å². The Hall–Kier alpha value is -3.00. The van der Waals surface area contributed by atoms with E-state index < -0.39 is 0 Å². The highest BCUT2D eigenvalue weighted by atomic mass is 16.5. The molecule has 0 aliphatic heterocycles. The van der Waals surface area contributed by atoms with Crippen molar-refractivity contribution in [2.45, 2.75) is 0 Å². The molecule has 104 valence electrons. The van der Waals surface area contributed by atoms with Gasteiger partial charge in [0.25, 0.3) is 0 Å². The van der Waals surface area contributed by atoms with Crippen LogP contribution in [0.4, 0.5) is 0 Å². The molecule has 0 amide bonds. The smallest absolute Gasteiger partial charge is 0.171 e. The van der Waals surface area contributed by atoms with Crippen molar-refractivity contribution in [3.63, 3.8) is 0 Å². The molecule has 0 radical (unpaired) electrons. The molecule has 0 spiro atoms. The number of nitrogens with one attached hydrogen (secondary N) is 1. The second-order valence-electron chi connectivity index (χ2n) is 4.31. The Balaban J connectivity index is 2.10. The fourth-order valence-corrected chi connectivity index (χ4v) is 2.13. The SMILES string of the molecule is C#CCOc1cccc(-c2nc3ccncc3[nH]2)c1OC. The second-order valence-corrected chi connectivity index (χ2v) is 4.31. The fourth-order valence-electron chi connectivity index (χ4n) is 2.13. The summed E-state index contributed by atoms with van der Waals surface area (Å²) in [5, 5.41) is 0. The largest absolute Gasteiger partial charge is 0.492 e. The summed E-state index contributed by atoms with van der Waals surface area (Å²) < 4.78 is 11.0. The monoisotopic (exact) mass is 279 g/mol. The fraction of sp³-hybridized carbons (Fsp3) is 0.125. The van der Waals surface area contributed by atoms with E-state index in [0.29, 0.717) is 17.3 Å². The number of H-pyrrole nitrogens is 1. The zero-order chi connectivity index (χ0) is 14.7. The van der Waals surface area contributed by atoms with E-state index in [1.165, 1.54) is 0 Å². The van der Waals surface area contributed by atoms with Gasteiger partial charge in [-0.25, -0.2) is 4.98 Å². The maximum Gasteiger partial charge on any atom is 0.171 e. The Morgan fingerprint density at radius 1 is 1.33 bits per heavy atom. The van der Waals surface area contributed by atoms with Gasteiger partial charge >= 0.3 is 0 Å². The molecule has 0 aliphatic carbocycles. The van der Waals surface area contributed by atoms with Crippen LogP contribution in [0.25, 0.3) is 22.4 Å². The maximum atomic E-state index is 5.50. The van der Waals surface area contributed by atoms with Crippen LogP contribution in [-0.2, 0) is 0 Å². The normalized spacial score (nSPS) is 10.3. The number of terminal acetylenes is 1. The van der Waals surface area contributed by atoms with Crippen LogP contribution in [0.1, 0.15) is 0 Å². The molecule has 2 aromatic heterocycles. The summed E-state index contributed by atoms with van der Waals surface area (Å²) in [4.78, 5) is 11.8. The predicted molar refractivity (Wildman–Crippen MR) is 80.2 cm³/mol. The molecule has 0 saturated heterocycles. The van der Waals surface area contributed by atoms with Gasteiger partial charge in [-0.3, -0.25) is 4.98 Å². The van der Waals surface area contributed by atoms with E-state index >= 15 is 0 Å². The lowest BCUT2D eigenvalue weighted by molar-refractivity contribution is 0.332. The number of fused-ring (bicyclic) bond motifs is 1. The van der Waals surface area contributed by atoms with Gasteiger partial charge in [0, 0.05) is 6.20 Å². The van der Waals surface area contributed by atoms with Crippen LogP contribution in [0.3, 0.4) is 0 Å². The van der Waals surface area contributed by atoms with Gasteiger partial charge in [0.1, 0.15) is 12.4 Å². The third-order valence-corrected chi connectivity index (χ3v) is 3.03. The number of rotatable bonds is 4. The Bertz CT molecular complexity index is 785. The second kappa shape index (κ2) is 5.55. The number of ether oxygens (including phenoxy) is 2. The maximum absolute atomic E-state index is 5.50. The summed E-state index contributed by atoms with van der Waals surface area (Å²) in [6.45, 7) is 0.184. The summed E-state index contributed by atoms with van der Waals surface area (Å²) in [5.41, 5.74) is 2.52. The van der Waals surface area contributed by atoms with E-state index in [1.807, 2.05) is 24.3 Å². The predicted octanol–water partition coefficient (Wildman–Crippen LogP) is 2.65. The third kappa shape index (κ3) is 2.39. The first kappa shape index (κ1) is 13.0. The molecule has 2 heterocycles. The zero-order valence-electron chi connectivity index (χ0n) is 11.5. The lowest BCUT2D eigenvalue weighted by Crippen LogP contribution is -1.98. The Morgan fingerprint density at radius 3 is 3.00 bits per heavy atom. The molecule has 1 aromatic carbocycles. The number of hydrogen-bond donors (Lipinski definition) is 1. The minimum absolute atomic E-state index is 0.184. The van der Waals surface area contributed by atoms with Gasteiger partial charge in [-0.1, -0.05) is 12.0 Å². The lowest BCUT2D eigenvalue weighted by Gasteiger charge is -2.11. The molecule has 21 heavy (non-hydrogen) atoms. The molecule has 1 N–H and O–H groups in total. The standard InChI is InChI=1S/C16H13N3O2/c1-3-9-21-14-6-4-5-11(15(14)20-2)16-18-12-7-8-17-10-13(12)19-16/h1,4-8,10H,9H2,2H3,(H,18,19). The molecule has 0 saturated carbocycles. The summed E-state index contributed by atoms with van der Waals surface area (Å²) in [7, 11) is 1.59. The summed E-state index contributed by atoms with van der Waals surface area (Å²) in [6, 6.07) is 7.44. The van der Waals surface area contributed by atoms with E-state index in [-0.39, 0.29) is 6.61 Å². The first-order valence-corrected chi connectivity index (χ1v) is 6.37. The number of hydrogen-bond acceptors (Lipinski definition) is 4. The van der Waals surface area contributed by atoms with E-state index in [1.54, 1.807) is 19.5 Å². The molecule has 5 nitrogen and oxygen atoms in total. The molecular weight excluding hydrogens is 266 g/mol. The highest BCUT2D eigenvalue weighted by Gasteiger charge is 2.15.